The first kappa shape index (κ1) is 12.0. The standard InChI is InChI=1S/C11H22O2S/c1-5-11(10(2,3)4)6-8-14(12,13)9-7-11/h5-9H2,1-4H3. The Morgan fingerprint density at radius 2 is 1.57 bits per heavy atom. The molecule has 1 saturated heterocycles. The fraction of sp³-hybridized carbons (Fsp3) is 1.00. The molecular formula is C11H22O2S. The van der Waals surface area contributed by atoms with Gasteiger partial charge in [-0.3, -0.25) is 0 Å². The monoisotopic (exact) mass is 218 g/mol. The van der Waals surface area contributed by atoms with Crippen molar-refractivity contribution < 1.29 is 8.42 Å². The second kappa shape index (κ2) is 3.51. The van der Waals surface area contributed by atoms with Gasteiger partial charge in [-0.25, -0.2) is 8.42 Å². The van der Waals surface area contributed by atoms with Crippen LogP contribution in [-0.4, -0.2) is 19.9 Å². The van der Waals surface area contributed by atoms with Crippen molar-refractivity contribution in [3.8, 4) is 0 Å². The van der Waals surface area contributed by atoms with E-state index in [4.69, 9.17) is 0 Å². The summed E-state index contributed by atoms with van der Waals surface area (Å²) in [6.07, 6.45) is 2.77. The van der Waals surface area contributed by atoms with Crippen LogP contribution >= 0.6 is 0 Å². The van der Waals surface area contributed by atoms with Crippen molar-refractivity contribution in [3.05, 3.63) is 0 Å². The van der Waals surface area contributed by atoms with E-state index in [0.29, 0.717) is 11.5 Å². The van der Waals surface area contributed by atoms with E-state index in [1.54, 1.807) is 0 Å². The van der Waals surface area contributed by atoms with E-state index in [0.717, 1.165) is 19.3 Å². The maximum absolute atomic E-state index is 11.4. The second-order valence-corrected chi connectivity index (χ2v) is 7.84. The molecule has 0 saturated carbocycles. The minimum Gasteiger partial charge on any atom is -0.229 e. The predicted molar refractivity (Wildman–Crippen MR) is 60.1 cm³/mol. The van der Waals surface area contributed by atoms with Crippen LogP contribution in [0, 0.1) is 10.8 Å². The Bertz CT molecular complexity index is 282. The molecule has 0 amide bonds. The Morgan fingerprint density at radius 3 is 1.86 bits per heavy atom. The van der Waals surface area contributed by atoms with Gasteiger partial charge in [0.1, 0.15) is 9.84 Å². The molecule has 2 nitrogen and oxygen atoms in total. The molecule has 0 bridgehead atoms. The molecule has 0 aliphatic carbocycles. The quantitative estimate of drug-likeness (QED) is 0.678. The average Bonchev–Trinajstić information content (AvgIpc) is 2.03. The lowest BCUT2D eigenvalue weighted by Gasteiger charge is -2.47. The van der Waals surface area contributed by atoms with Crippen molar-refractivity contribution in [3.63, 3.8) is 0 Å². The smallest absolute Gasteiger partial charge is 0.150 e. The number of hydrogen-bond donors (Lipinski definition) is 0. The lowest BCUT2D eigenvalue weighted by molar-refractivity contribution is 0.0671. The van der Waals surface area contributed by atoms with E-state index in [1.807, 2.05) is 0 Å². The van der Waals surface area contributed by atoms with E-state index < -0.39 is 9.84 Å². The summed E-state index contributed by atoms with van der Waals surface area (Å²) in [5.41, 5.74) is 0.454. The van der Waals surface area contributed by atoms with Gasteiger partial charge in [-0.1, -0.05) is 27.7 Å². The molecule has 1 aliphatic heterocycles. The van der Waals surface area contributed by atoms with Crippen LogP contribution in [-0.2, 0) is 9.84 Å². The summed E-state index contributed by atoms with van der Waals surface area (Å²) in [7, 11) is -2.72. The maximum atomic E-state index is 11.4. The van der Waals surface area contributed by atoms with Crippen LogP contribution in [0.25, 0.3) is 0 Å². The first-order valence-corrected chi connectivity index (χ1v) is 7.25. The molecule has 1 aliphatic rings. The second-order valence-electron chi connectivity index (χ2n) is 5.54. The van der Waals surface area contributed by atoms with Gasteiger partial charge >= 0.3 is 0 Å². The average molecular weight is 218 g/mol. The van der Waals surface area contributed by atoms with E-state index in [-0.39, 0.29) is 10.8 Å². The molecule has 0 aromatic heterocycles. The van der Waals surface area contributed by atoms with E-state index >= 15 is 0 Å². The molecular weight excluding hydrogens is 196 g/mol. The van der Waals surface area contributed by atoms with E-state index in [2.05, 4.69) is 27.7 Å². The molecule has 0 atom stereocenters. The third kappa shape index (κ3) is 2.13. The van der Waals surface area contributed by atoms with Gasteiger partial charge in [-0.05, 0) is 30.1 Å². The molecule has 0 N–H and O–H groups in total. The first-order chi connectivity index (χ1) is 6.22. The van der Waals surface area contributed by atoms with Gasteiger partial charge in [0, 0.05) is 0 Å². The SMILES string of the molecule is CCC1(C(C)(C)C)CCS(=O)(=O)CC1. The van der Waals surface area contributed by atoms with Gasteiger partial charge in [-0.2, -0.15) is 0 Å². The van der Waals surface area contributed by atoms with Crippen LogP contribution in [0.1, 0.15) is 47.0 Å². The zero-order valence-electron chi connectivity index (χ0n) is 9.76. The van der Waals surface area contributed by atoms with Crippen LogP contribution in [0.3, 0.4) is 0 Å². The summed E-state index contributed by atoms with van der Waals surface area (Å²) in [4.78, 5) is 0. The van der Waals surface area contributed by atoms with E-state index in [1.165, 1.54) is 0 Å². The molecule has 84 valence electrons. The fourth-order valence-corrected chi connectivity index (χ4v) is 4.17. The summed E-state index contributed by atoms with van der Waals surface area (Å²) in [6.45, 7) is 8.88. The number of sulfone groups is 1. The van der Waals surface area contributed by atoms with Gasteiger partial charge in [0.05, 0.1) is 11.5 Å². The molecule has 1 heterocycles. The lowest BCUT2D eigenvalue weighted by atomic mass is 9.62. The third-order valence-electron chi connectivity index (χ3n) is 4.05. The highest BCUT2D eigenvalue weighted by molar-refractivity contribution is 7.91. The zero-order valence-corrected chi connectivity index (χ0v) is 10.6. The molecule has 0 unspecified atom stereocenters. The topological polar surface area (TPSA) is 34.1 Å². The van der Waals surface area contributed by atoms with Crippen LogP contribution in [0.4, 0.5) is 0 Å². The summed E-state index contributed by atoms with van der Waals surface area (Å²) in [5.74, 6) is 0.774. The molecule has 0 aromatic rings. The maximum Gasteiger partial charge on any atom is 0.150 e. The molecule has 1 rings (SSSR count). The minimum absolute atomic E-state index is 0.220. The summed E-state index contributed by atoms with van der Waals surface area (Å²) in [5, 5.41) is 0. The highest BCUT2D eigenvalue weighted by Gasteiger charge is 2.44. The Labute approximate surface area is 88.0 Å². The Balaban J connectivity index is 2.87. The van der Waals surface area contributed by atoms with Crippen LogP contribution < -0.4 is 0 Å². The molecule has 1 fully saturated rings. The van der Waals surface area contributed by atoms with Gasteiger partial charge in [0.15, 0.2) is 0 Å². The minimum atomic E-state index is -2.72. The molecule has 0 spiro atoms. The van der Waals surface area contributed by atoms with Gasteiger partial charge in [-0.15, -0.1) is 0 Å². The Kier molecular flexibility index (Phi) is 3.01. The third-order valence-corrected chi connectivity index (χ3v) is 5.70. The van der Waals surface area contributed by atoms with Gasteiger partial charge in [0.2, 0.25) is 0 Å². The van der Waals surface area contributed by atoms with E-state index in [9.17, 15) is 8.42 Å². The zero-order chi connectivity index (χ0) is 11.0. The highest BCUT2D eigenvalue weighted by Crippen LogP contribution is 2.49. The van der Waals surface area contributed by atoms with Crippen molar-refractivity contribution in [1.29, 1.82) is 0 Å². The van der Waals surface area contributed by atoms with Crippen molar-refractivity contribution in [1.82, 2.24) is 0 Å². The van der Waals surface area contributed by atoms with Gasteiger partial charge in [0.25, 0.3) is 0 Å². The highest BCUT2D eigenvalue weighted by atomic mass is 32.2. The molecule has 0 aromatic carbocycles. The fourth-order valence-electron chi connectivity index (χ4n) is 2.56. The summed E-state index contributed by atoms with van der Waals surface area (Å²) < 4.78 is 22.8. The largest absolute Gasteiger partial charge is 0.229 e. The normalized spacial score (nSPS) is 26.0. The van der Waals surface area contributed by atoms with Crippen molar-refractivity contribution >= 4 is 9.84 Å². The van der Waals surface area contributed by atoms with Crippen LogP contribution in [0.15, 0.2) is 0 Å². The lowest BCUT2D eigenvalue weighted by Crippen LogP contribution is -2.42. The predicted octanol–water partition coefficient (Wildman–Crippen LogP) is 2.64. The van der Waals surface area contributed by atoms with Crippen molar-refractivity contribution in [2.45, 2.75) is 47.0 Å². The van der Waals surface area contributed by atoms with Crippen LogP contribution in [0.5, 0.6) is 0 Å². The Morgan fingerprint density at radius 1 is 1.14 bits per heavy atom. The summed E-state index contributed by atoms with van der Waals surface area (Å²) >= 11 is 0. The Hall–Kier alpha value is -0.0500. The van der Waals surface area contributed by atoms with Gasteiger partial charge < -0.3 is 0 Å². The number of hydrogen-bond acceptors (Lipinski definition) is 2. The molecule has 3 heteroatoms. The number of rotatable bonds is 1. The van der Waals surface area contributed by atoms with Crippen molar-refractivity contribution in [2.24, 2.45) is 10.8 Å². The van der Waals surface area contributed by atoms with Crippen LogP contribution in [0.2, 0.25) is 0 Å². The molecule has 0 radical (unpaired) electrons. The van der Waals surface area contributed by atoms with Crippen molar-refractivity contribution in [2.75, 3.05) is 11.5 Å². The first-order valence-electron chi connectivity index (χ1n) is 5.43. The molecule has 14 heavy (non-hydrogen) atoms. The summed E-state index contributed by atoms with van der Waals surface area (Å²) in [6, 6.07) is 0.